The van der Waals surface area contributed by atoms with E-state index in [0.717, 1.165) is 23.1 Å². The number of hydrogen-bond acceptors (Lipinski definition) is 7. The average Bonchev–Trinajstić information content (AvgIpc) is 3.10. The number of nitrogens with zero attached hydrogens (tertiary/aromatic N) is 5. The summed E-state index contributed by atoms with van der Waals surface area (Å²) in [4.78, 5) is 17.9. The van der Waals surface area contributed by atoms with Crippen LogP contribution in [-0.4, -0.2) is 41.8 Å². The zero-order chi connectivity index (χ0) is 20.1. The van der Waals surface area contributed by atoms with Crippen molar-refractivity contribution in [2.75, 3.05) is 17.2 Å². The van der Waals surface area contributed by atoms with Gasteiger partial charge in [0.15, 0.2) is 17.0 Å². The fourth-order valence-corrected chi connectivity index (χ4v) is 3.08. The molecule has 3 aromatic heterocycles. The molecule has 0 aliphatic carbocycles. The molecule has 0 fully saturated rings. The molecule has 8 heteroatoms. The molecule has 28 heavy (non-hydrogen) atoms. The number of imidazole rings is 1. The summed E-state index contributed by atoms with van der Waals surface area (Å²) in [5.41, 5.74) is 1.73. The van der Waals surface area contributed by atoms with Crippen molar-refractivity contribution in [1.82, 2.24) is 24.5 Å². The third-order valence-corrected chi connectivity index (χ3v) is 4.58. The second-order valence-electron chi connectivity index (χ2n) is 7.63. The molecule has 1 atom stereocenters. The molecular weight excluding hydrogens is 354 g/mol. The van der Waals surface area contributed by atoms with Crippen molar-refractivity contribution in [2.45, 2.75) is 58.7 Å². The van der Waals surface area contributed by atoms with Gasteiger partial charge in [0.25, 0.3) is 0 Å². The Morgan fingerprint density at radius 1 is 1.25 bits per heavy atom. The molecule has 0 bridgehead atoms. The van der Waals surface area contributed by atoms with Gasteiger partial charge in [0.2, 0.25) is 5.95 Å². The number of rotatable bonds is 9. The standard InChI is InChI=1S/C20H29N7O/c1-5-8-20(4,28)12-23-19-25-17(22-11-15-7-6-9-21-10-15)16-18(26-19)27(13-24-16)14(2)3/h6-7,9-10,13-14,28H,5,8,11-12H2,1-4H3,(H2,22,23,25,26). The Bertz CT molecular complexity index is 906. The molecule has 0 radical (unpaired) electrons. The van der Waals surface area contributed by atoms with E-state index in [1.165, 1.54) is 0 Å². The summed E-state index contributed by atoms with van der Waals surface area (Å²) in [6, 6.07) is 4.14. The van der Waals surface area contributed by atoms with E-state index in [0.29, 0.717) is 31.3 Å². The van der Waals surface area contributed by atoms with Crippen molar-refractivity contribution < 1.29 is 5.11 Å². The lowest BCUT2D eigenvalue weighted by Gasteiger charge is -2.23. The number of pyridine rings is 1. The van der Waals surface area contributed by atoms with Gasteiger partial charge in [-0.3, -0.25) is 4.98 Å². The van der Waals surface area contributed by atoms with Crippen LogP contribution in [0.25, 0.3) is 11.2 Å². The Morgan fingerprint density at radius 3 is 2.75 bits per heavy atom. The van der Waals surface area contributed by atoms with Gasteiger partial charge in [0.1, 0.15) is 0 Å². The average molecular weight is 384 g/mol. The largest absolute Gasteiger partial charge is 0.388 e. The normalized spacial score (nSPS) is 13.6. The number of anilines is 2. The van der Waals surface area contributed by atoms with Crippen molar-refractivity contribution in [3.63, 3.8) is 0 Å². The maximum atomic E-state index is 10.5. The monoisotopic (exact) mass is 383 g/mol. The Kier molecular flexibility index (Phi) is 6.08. The lowest BCUT2D eigenvalue weighted by molar-refractivity contribution is 0.0635. The van der Waals surface area contributed by atoms with E-state index in [2.05, 4.69) is 51.3 Å². The minimum atomic E-state index is -0.811. The topological polar surface area (TPSA) is 101 Å². The molecule has 0 aromatic carbocycles. The van der Waals surface area contributed by atoms with E-state index in [4.69, 9.17) is 0 Å². The summed E-state index contributed by atoms with van der Waals surface area (Å²) in [5.74, 6) is 1.13. The number of fused-ring (bicyclic) bond motifs is 1. The summed E-state index contributed by atoms with van der Waals surface area (Å²) in [6.07, 6.45) is 6.97. The molecule has 0 aliphatic rings. The van der Waals surface area contributed by atoms with Gasteiger partial charge in [0.05, 0.1) is 11.9 Å². The SMILES string of the molecule is CCCC(C)(O)CNc1nc(NCc2cccnc2)c2ncn(C(C)C)c2n1. The lowest BCUT2D eigenvalue weighted by Crippen LogP contribution is -2.33. The highest BCUT2D eigenvalue weighted by Crippen LogP contribution is 2.24. The fourth-order valence-electron chi connectivity index (χ4n) is 3.08. The van der Waals surface area contributed by atoms with E-state index in [9.17, 15) is 5.11 Å². The third-order valence-electron chi connectivity index (χ3n) is 4.58. The van der Waals surface area contributed by atoms with Crippen molar-refractivity contribution in [2.24, 2.45) is 0 Å². The van der Waals surface area contributed by atoms with Gasteiger partial charge in [-0.1, -0.05) is 19.4 Å². The quantitative estimate of drug-likeness (QED) is 0.521. The highest BCUT2D eigenvalue weighted by Gasteiger charge is 2.20. The van der Waals surface area contributed by atoms with Crippen LogP contribution in [0.1, 0.15) is 52.1 Å². The minimum absolute atomic E-state index is 0.224. The van der Waals surface area contributed by atoms with Crippen LogP contribution in [-0.2, 0) is 6.54 Å². The maximum absolute atomic E-state index is 10.5. The molecule has 1 unspecified atom stereocenters. The lowest BCUT2D eigenvalue weighted by atomic mass is 10.0. The second-order valence-corrected chi connectivity index (χ2v) is 7.63. The van der Waals surface area contributed by atoms with Crippen molar-refractivity contribution >= 4 is 22.9 Å². The second kappa shape index (κ2) is 8.52. The molecule has 0 aliphatic heterocycles. The van der Waals surface area contributed by atoms with Crippen molar-refractivity contribution in [1.29, 1.82) is 0 Å². The summed E-state index contributed by atoms with van der Waals surface area (Å²) < 4.78 is 2.02. The Hall–Kier alpha value is -2.74. The molecule has 8 nitrogen and oxygen atoms in total. The number of nitrogens with one attached hydrogen (secondary N) is 2. The van der Waals surface area contributed by atoms with Crippen LogP contribution < -0.4 is 10.6 Å². The summed E-state index contributed by atoms with van der Waals surface area (Å²) in [6.45, 7) is 9.02. The first-order valence-corrected chi connectivity index (χ1v) is 9.73. The molecule has 3 rings (SSSR count). The highest BCUT2D eigenvalue weighted by molar-refractivity contribution is 5.84. The van der Waals surface area contributed by atoms with Gasteiger partial charge in [-0.05, 0) is 38.8 Å². The number of aliphatic hydroxyl groups is 1. The first-order chi connectivity index (χ1) is 13.4. The van der Waals surface area contributed by atoms with E-state index < -0.39 is 5.60 Å². The van der Waals surface area contributed by atoms with E-state index in [-0.39, 0.29) is 6.04 Å². The molecular formula is C20H29N7O. The van der Waals surface area contributed by atoms with Gasteiger partial charge in [-0.25, -0.2) is 4.98 Å². The molecule has 0 saturated heterocycles. The first-order valence-electron chi connectivity index (χ1n) is 9.73. The van der Waals surface area contributed by atoms with E-state index in [1.54, 1.807) is 12.5 Å². The molecule has 150 valence electrons. The van der Waals surface area contributed by atoms with Crippen LogP contribution in [0.2, 0.25) is 0 Å². The van der Waals surface area contributed by atoms with Gasteiger partial charge in [0, 0.05) is 31.5 Å². The zero-order valence-corrected chi connectivity index (χ0v) is 17.0. The highest BCUT2D eigenvalue weighted by atomic mass is 16.3. The maximum Gasteiger partial charge on any atom is 0.226 e. The minimum Gasteiger partial charge on any atom is -0.388 e. The molecule has 0 amide bonds. The summed E-state index contributed by atoms with van der Waals surface area (Å²) >= 11 is 0. The van der Waals surface area contributed by atoms with Crippen LogP contribution in [0.3, 0.4) is 0 Å². The van der Waals surface area contributed by atoms with Gasteiger partial charge in [-0.15, -0.1) is 0 Å². The van der Waals surface area contributed by atoms with E-state index in [1.807, 2.05) is 29.8 Å². The van der Waals surface area contributed by atoms with Gasteiger partial charge in [-0.2, -0.15) is 9.97 Å². The summed E-state index contributed by atoms with van der Waals surface area (Å²) in [5, 5.41) is 17.0. The molecule has 0 spiro atoms. The summed E-state index contributed by atoms with van der Waals surface area (Å²) in [7, 11) is 0. The third kappa shape index (κ3) is 4.75. The Balaban J connectivity index is 1.89. The predicted octanol–water partition coefficient (Wildman–Crippen LogP) is 3.38. The van der Waals surface area contributed by atoms with Crippen molar-refractivity contribution in [3.8, 4) is 0 Å². The number of aromatic nitrogens is 5. The van der Waals surface area contributed by atoms with Crippen LogP contribution in [0, 0.1) is 0 Å². The van der Waals surface area contributed by atoms with Crippen LogP contribution >= 0.6 is 0 Å². The van der Waals surface area contributed by atoms with Crippen LogP contribution in [0.4, 0.5) is 11.8 Å². The fraction of sp³-hybridized carbons (Fsp3) is 0.500. The van der Waals surface area contributed by atoms with Gasteiger partial charge >= 0.3 is 0 Å². The zero-order valence-electron chi connectivity index (χ0n) is 17.0. The van der Waals surface area contributed by atoms with Crippen LogP contribution in [0.5, 0.6) is 0 Å². The molecule has 3 N–H and O–H groups in total. The van der Waals surface area contributed by atoms with Crippen LogP contribution in [0.15, 0.2) is 30.9 Å². The predicted molar refractivity (Wildman–Crippen MR) is 111 cm³/mol. The van der Waals surface area contributed by atoms with E-state index >= 15 is 0 Å². The Morgan fingerprint density at radius 2 is 2.07 bits per heavy atom. The molecule has 0 saturated carbocycles. The first kappa shape index (κ1) is 20.0. The smallest absolute Gasteiger partial charge is 0.226 e. The molecule has 3 aromatic rings. The number of hydrogen-bond donors (Lipinski definition) is 3. The molecule has 3 heterocycles. The Labute approximate surface area is 165 Å². The van der Waals surface area contributed by atoms with Crippen molar-refractivity contribution in [3.05, 3.63) is 36.4 Å². The van der Waals surface area contributed by atoms with Gasteiger partial charge < -0.3 is 20.3 Å².